The third-order valence-corrected chi connectivity index (χ3v) is 4.91. The van der Waals surface area contributed by atoms with Gasteiger partial charge in [0.1, 0.15) is 0 Å². The second kappa shape index (κ2) is 9.12. The molecule has 0 aromatic heterocycles. The van der Waals surface area contributed by atoms with E-state index in [1.54, 1.807) is 0 Å². The van der Waals surface area contributed by atoms with Crippen molar-refractivity contribution < 1.29 is 19.2 Å². The fraction of sp³-hybridized carbons (Fsp3) is 0.474. The van der Waals surface area contributed by atoms with Crippen molar-refractivity contribution in [2.75, 3.05) is 6.61 Å². The van der Waals surface area contributed by atoms with E-state index in [2.05, 4.69) is 19.2 Å². The van der Waals surface area contributed by atoms with E-state index in [-0.39, 0.29) is 24.2 Å². The highest BCUT2D eigenvalue weighted by molar-refractivity contribution is 5.89. The summed E-state index contributed by atoms with van der Waals surface area (Å²) >= 11 is 0. The molecule has 1 fully saturated rings. The summed E-state index contributed by atoms with van der Waals surface area (Å²) < 4.78 is 4.95. The summed E-state index contributed by atoms with van der Waals surface area (Å²) in [6, 6.07) is 5.89. The summed E-state index contributed by atoms with van der Waals surface area (Å²) in [6.45, 7) is 4.00. The first-order valence-electron chi connectivity index (χ1n) is 8.75. The Morgan fingerprint density at radius 3 is 2.62 bits per heavy atom. The number of ether oxygens (including phenoxy) is 1. The van der Waals surface area contributed by atoms with Gasteiger partial charge in [-0.15, -0.1) is 0 Å². The van der Waals surface area contributed by atoms with Crippen LogP contribution in [-0.4, -0.2) is 29.4 Å². The number of nitro groups is 1. The molecule has 0 spiro atoms. The molecule has 7 nitrogen and oxygen atoms in total. The van der Waals surface area contributed by atoms with Crippen LogP contribution >= 0.6 is 0 Å². The Morgan fingerprint density at radius 1 is 1.27 bits per heavy atom. The molecule has 1 aliphatic rings. The third kappa shape index (κ3) is 5.68. The highest BCUT2D eigenvalue weighted by Crippen LogP contribution is 2.29. The molecule has 1 aliphatic carbocycles. The van der Waals surface area contributed by atoms with E-state index in [4.69, 9.17) is 4.74 Å². The molecular formula is C19H24N2O5. The molecule has 0 radical (unpaired) electrons. The lowest BCUT2D eigenvalue weighted by molar-refractivity contribution is -0.384. The molecule has 26 heavy (non-hydrogen) atoms. The third-order valence-electron chi connectivity index (χ3n) is 4.91. The van der Waals surface area contributed by atoms with Crippen LogP contribution in [0.5, 0.6) is 0 Å². The van der Waals surface area contributed by atoms with E-state index >= 15 is 0 Å². The van der Waals surface area contributed by atoms with E-state index in [9.17, 15) is 19.7 Å². The van der Waals surface area contributed by atoms with E-state index in [1.165, 1.54) is 42.8 Å². The summed E-state index contributed by atoms with van der Waals surface area (Å²) in [6.07, 6.45) is 5.89. The predicted molar refractivity (Wildman–Crippen MR) is 97.2 cm³/mol. The molecule has 1 saturated carbocycles. The fourth-order valence-corrected chi connectivity index (χ4v) is 3.09. The summed E-state index contributed by atoms with van der Waals surface area (Å²) in [4.78, 5) is 33.8. The number of nitro benzene ring substituents is 1. The van der Waals surface area contributed by atoms with Gasteiger partial charge in [0.25, 0.3) is 11.6 Å². The second-order valence-electron chi connectivity index (χ2n) is 6.73. The topological polar surface area (TPSA) is 98.5 Å². The molecule has 7 heteroatoms. The summed E-state index contributed by atoms with van der Waals surface area (Å²) in [7, 11) is 0. The van der Waals surface area contributed by atoms with Gasteiger partial charge in [-0.05, 0) is 42.0 Å². The molecule has 0 bridgehead atoms. The quantitative estimate of drug-likeness (QED) is 0.364. The van der Waals surface area contributed by atoms with E-state index in [0.29, 0.717) is 17.4 Å². The Kier molecular flexibility index (Phi) is 6.89. The van der Waals surface area contributed by atoms with Gasteiger partial charge in [-0.2, -0.15) is 0 Å². The van der Waals surface area contributed by atoms with Crippen LogP contribution in [0.4, 0.5) is 5.69 Å². The number of amides is 1. The van der Waals surface area contributed by atoms with Crippen molar-refractivity contribution in [1.29, 1.82) is 0 Å². The number of carbonyl (C=O) groups is 2. The first kappa shape index (κ1) is 19.6. The molecule has 140 valence electrons. The number of benzene rings is 1. The van der Waals surface area contributed by atoms with Gasteiger partial charge in [0.2, 0.25) is 0 Å². The summed E-state index contributed by atoms with van der Waals surface area (Å²) in [5, 5.41) is 13.5. The normalized spacial score (nSPS) is 22.8. The number of hydrogen-bond acceptors (Lipinski definition) is 5. The maximum Gasteiger partial charge on any atom is 0.331 e. The zero-order valence-electron chi connectivity index (χ0n) is 15.0. The number of non-ortho nitro benzene ring substituents is 1. The Morgan fingerprint density at radius 2 is 1.96 bits per heavy atom. The van der Waals surface area contributed by atoms with Gasteiger partial charge in [-0.3, -0.25) is 14.9 Å². The lowest BCUT2D eigenvalue weighted by Gasteiger charge is -2.34. The molecule has 1 aromatic rings. The highest BCUT2D eigenvalue weighted by atomic mass is 16.6. The molecule has 0 unspecified atom stereocenters. The average Bonchev–Trinajstić information content (AvgIpc) is 2.62. The van der Waals surface area contributed by atoms with Gasteiger partial charge in [0.15, 0.2) is 6.61 Å². The lowest BCUT2D eigenvalue weighted by atomic mass is 9.78. The van der Waals surface area contributed by atoms with Gasteiger partial charge >= 0.3 is 5.97 Å². The standard InChI is InChI=1S/C19H24N2O5/c1-13-4-3-5-17(14(13)2)20-18(22)12-26-19(23)11-8-15-6-9-16(10-7-15)21(24)25/h6-11,13-14,17H,3-5,12H2,1-2H3,(H,20,22)/b11-8+/t13-,14+,17+/m0/s1. The minimum absolute atomic E-state index is 0.0207. The van der Waals surface area contributed by atoms with Gasteiger partial charge in [-0.1, -0.05) is 26.7 Å². The van der Waals surface area contributed by atoms with E-state index < -0.39 is 10.9 Å². The van der Waals surface area contributed by atoms with Crippen LogP contribution in [0.2, 0.25) is 0 Å². The Labute approximate surface area is 152 Å². The van der Waals surface area contributed by atoms with Crippen LogP contribution in [0.1, 0.15) is 38.7 Å². The Hall–Kier alpha value is -2.70. The molecule has 0 aliphatic heterocycles. The van der Waals surface area contributed by atoms with Crippen molar-refractivity contribution in [3.05, 3.63) is 46.0 Å². The average molecular weight is 360 g/mol. The first-order valence-corrected chi connectivity index (χ1v) is 8.75. The molecule has 1 N–H and O–H groups in total. The highest BCUT2D eigenvalue weighted by Gasteiger charge is 2.28. The first-order chi connectivity index (χ1) is 12.4. The Balaban J connectivity index is 1.77. The monoisotopic (exact) mass is 360 g/mol. The molecule has 0 heterocycles. The molecule has 1 amide bonds. The molecule has 2 rings (SSSR count). The Bertz CT molecular complexity index is 684. The van der Waals surface area contributed by atoms with Crippen molar-refractivity contribution in [1.82, 2.24) is 5.32 Å². The number of hydrogen-bond donors (Lipinski definition) is 1. The van der Waals surface area contributed by atoms with Gasteiger partial charge in [0, 0.05) is 24.3 Å². The largest absolute Gasteiger partial charge is 0.452 e. The predicted octanol–water partition coefficient (Wildman–Crippen LogP) is 3.09. The number of rotatable bonds is 6. The molecule has 0 saturated heterocycles. The van der Waals surface area contributed by atoms with Crippen LogP contribution in [-0.2, 0) is 14.3 Å². The zero-order valence-corrected chi connectivity index (χ0v) is 15.0. The SMILES string of the molecule is C[C@@H]1[C@@H](C)CCC[C@H]1NC(=O)COC(=O)/C=C/c1ccc([N+](=O)[O-])cc1. The van der Waals surface area contributed by atoms with Gasteiger partial charge in [-0.25, -0.2) is 4.79 Å². The van der Waals surface area contributed by atoms with Crippen LogP contribution in [0.15, 0.2) is 30.3 Å². The number of carbonyl (C=O) groups excluding carboxylic acids is 2. The van der Waals surface area contributed by atoms with Crippen LogP contribution < -0.4 is 5.32 Å². The number of nitrogens with one attached hydrogen (secondary N) is 1. The van der Waals surface area contributed by atoms with Crippen LogP contribution in [0, 0.1) is 22.0 Å². The van der Waals surface area contributed by atoms with Crippen molar-refractivity contribution in [2.24, 2.45) is 11.8 Å². The number of esters is 1. The number of nitrogens with zero attached hydrogens (tertiary/aromatic N) is 1. The van der Waals surface area contributed by atoms with Crippen LogP contribution in [0.25, 0.3) is 6.08 Å². The van der Waals surface area contributed by atoms with Crippen molar-refractivity contribution >= 4 is 23.6 Å². The smallest absolute Gasteiger partial charge is 0.331 e. The second-order valence-corrected chi connectivity index (χ2v) is 6.73. The van der Waals surface area contributed by atoms with E-state index in [0.717, 1.165) is 12.8 Å². The van der Waals surface area contributed by atoms with Crippen molar-refractivity contribution in [2.45, 2.75) is 39.2 Å². The van der Waals surface area contributed by atoms with E-state index in [1.807, 2.05) is 0 Å². The van der Waals surface area contributed by atoms with Gasteiger partial charge < -0.3 is 10.1 Å². The fourth-order valence-electron chi connectivity index (χ4n) is 3.09. The van der Waals surface area contributed by atoms with Gasteiger partial charge in [0.05, 0.1) is 4.92 Å². The van der Waals surface area contributed by atoms with Crippen molar-refractivity contribution in [3.8, 4) is 0 Å². The zero-order chi connectivity index (χ0) is 19.1. The van der Waals surface area contributed by atoms with Crippen LogP contribution in [0.3, 0.4) is 0 Å². The lowest BCUT2D eigenvalue weighted by Crippen LogP contribution is -2.45. The summed E-state index contributed by atoms with van der Waals surface area (Å²) in [5.41, 5.74) is 0.606. The van der Waals surface area contributed by atoms with Crippen molar-refractivity contribution in [3.63, 3.8) is 0 Å². The molecular weight excluding hydrogens is 336 g/mol. The summed E-state index contributed by atoms with van der Waals surface area (Å²) in [5.74, 6) is 0.0447. The maximum atomic E-state index is 12.0. The maximum absolute atomic E-state index is 12.0. The molecule has 3 atom stereocenters. The minimum atomic E-state index is -0.636. The minimum Gasteiger partial charge on any atom is -0.452 e. The molecule has 1 aromatic carbocycles.